The first kappa shape index (κ1) is 16.3. The summed E-state index contributed by atoms with van der Waals surface area (Å²) in [5.74, 6) is 4.06. The van der Waals surface area contributed by atoms with Crippen LogP contribution in [-0.2, 0) is 6.18 Å². The summed E-state index contributed by atoms with van der Waals surface area (Å²) in [5, 5.41) is 8.20. The van der Waals surface area contributed by atoms with Gasteiger partial charge in [0.2, 0.25) is 0 Å². The third-order valence-corrected chi connectivity index (χ3v) is 3.22. The van der Waals surface area contributed by atoms with Crippen molar-refractivity contribution in [1.82, 2.24) is 0 Å². The molecule has 0 spiro atoms. The van der Waals surface area contributed by atoms with E-state index in [1.165, 1.54) is 24.3 Å². The fourth-order valence-corrected chi connectivity index (χ4v) is 2.14. The summed E-state index contributed by atoms with van der Waals surface area (Å²) in [6.07, 6.45) is -4.66. The van der Waals surface area contributed by atoms with Crippen molar-refractivity contribution >= 4 is 23.1 Å². The second kappa shape index (κ2) is 5.94. The maximum absolute atomic E-state index is 13.8. The molecule has 0 unspecified atom stereocenters. The number of rotatable bonds is 2. The Balaban J connectivity index is 2.49. The van der Waals surface area contributed by atoms with Crippen LogP contribution in [0.3, 0.4) is 0 Å². The molecule has 2 aromatic rings. The molecule has 0 amide bonds. The summed E-state index contributed by atoms with van der Waals surface area (Å²) in [4.78, 5) is 0. The molecule has 22 heavy (non-hydrogen) atoms. The summed E-state index contributed by atoms with van der Waals surface area (Å²) in [6, 6.07) is 8.12. The molecule has 3 nitrogen and oxygen atoms in total. The van der Waals surface area contributed by atoms with E-state index in [-0.39, 0.29) is 10.6 Å². The number of para-hydroxylation sites is 1. The number of anilines is 1. The minimum Gasteiger partial charge on any atom is -0.283 e. The van der Waals surface area contributed by atoms with Gasteiger partial charge in [-0.05, 0) is 24.3 Å². The number of amidine groups is 1. The van der Waals surface area contributed by atoms with E-state index >= 15 is 0 Å². The van der Waals surface area contributed by atoms with E-state index in [4.69, 9.17) is 22.9 Å². The summed E-state index contributed by atoms with van der Waals surface area (Å²) in [5.41, 5.74) is -1.88. The van der Waals surface area contributed by atoms with E-state index in [9.17, 15) is 17.6 Å². The Hall–Kier alpha value is -2.12. The number of nitrogens with zero attached hydrogens (tertiary/aromatic N) is 1. The number of benzene rings is 2. The van der Waals surface area contributed by atoms with Gasteiger partial charge in [0.25, 0.3) is 0 Å². The topological polar surface area (TPSA) is 53.1 Å². The fourth-order valence-electron chi connectivity index (χ4n) is 1.89. The standard InChI is InChI=1S/C14H10ClF4N3/c15-9-5-3-6-10(16)12(9)13(20)22(21)11-7-2-1-4-8(11)14(17,18)19/h1-7,20H,21H2. The van der Waals surface area contributed by atoms with Crippen molar-refractivity contribution in [3.05, 3.63) is 64.4 Å². The van der Waals surface area contributed by atoms with Gasteiger partial charge in [-0.25, -0.2) is 10.2 Å². The molecule has 0 aliphatic rings. The van der Waals surface area contributed by atoms with Gasteiger partial charge in [-0.15, -0.1) is 0 Å². The lowest BCUT2D eigenvalue weighted by molar-refractivity contribution is -0.137. The lowest BCUT2D eigenvalue weighted by Gasteiger charge is -2.24. The molecule has 2 rings (SSSR count). The number of nitrogens with two attached hydrogens (primary N) is 1. The highest BCUT2D eigenvalue weighted by atomic mass is 35.5. The molecule has 0 bridgehead atoms. The number of hydrogen-bond acceptors (Lipinski definition) is 2. The highest BCUT2D eigenvalue weighted by Gasteiger charge is 2.35. The number of halogens is 5. The van der Waals surface area contributed by atoms with Crippen LogP contribution in [0.1, 0.15) is 11.1 Å². The second-order valence-electron chi connectivity index (χ2n) is 4.33. The molecule has 116 valence electrons. The summed E-state index contributed by atoms with van der Waals surface area (Å²) >= 11 is 5.80. The van der Waals surface area contributed by atoms with E-state index in [1.807, 2.05) is 0 Å². The minimum atomic E-state index is -4.66. The van der Waals surface area contributed by atoms with Gasteiger partial charge in [0.05, 0.1) is 21.8 Å². The van der Waals surface area contributed by atoms with Crippen LogP contribution >= 0.6 is 11.6 Å². The van der Waals surface area contributed by atoms with Crippen molar-refractivity contribution < 1.29 is 17.6 Å². The van der Waals surface area contributed by atoms with Crippen LogP contribution in [0.2, 0.25) is 5.02 Å². The van der Waals surface area contributed by atoms with Crippen LogP contribution in [0.4, 0.5) is 23.2 Å². The average molecular weight is 332 g/mol. The molecule has 0 aromatic heterocycles. The van der Waals surface area contributed by atoms with Crippen LogP contribution in [0.15, 0.2) is 42.5 Å². The maximum atomic E-state index is 13.8. The molecule has 0 radical (unpaired) electrons. The zero-order valence-corrected chi connectivity index (χ0v) is 11.7. The Morgan fingerprint density at radius 3 is 2.32 bits per heavy atom. The van der Waals surface area contributed by atoms with Gasteiger partial charge in [0, 0.05) is 0 Å². The molecule has 0 aliphatic heterocycles. The molecule has 2 aromatic carbocycles. The predicted octanol–water partition coefficient (Wildman–Crippen LogP) is 4.20. The first-order valence-corrected chi connectivity index (χ1v) is 6.35. The van der Waals surface area contributed by atoms with Gasteiger partial charge in [-0.1, -0.05) is 29.8 Å². The molecule has 0 atom stereocenters. The normalized spacial score (nSPS) is 11.4. The summed E-state index contributed by atoms with van der Waals surface area (Å²) in [7, 11) is 0. The highest BCUT2D eigenvalue weighted by molar-refractivity contribution is 6.34. The molecular weight excluding hydrogens is 322 g/mol. The molecule has 0 saturated carbocycles. The van der Waals surface area contributed by atoms with Gasteiger partial charge in [0.1, 0.15) is 5.82 Å². The Morgan fingerprint density at radius 1 is 1.09 bits per heavy atom. The Bertz CT molecular complexity index is 695. The number of hydrazine groups is 1. The lowest BCUT2D eigenvalue weighted by Crippen LogP contribution is -2.39. The minimum absolute atomic E-state index is 0.120. The lowest BCUT2D eigenvalue weighted by atomic mass is 10.1. The van der Waals surface area contributed by atoms with Crippen molar-refractivity contribution in [1.29, 1.82) is 5.41 Å². The highest BCUT2D eigenvalue weighted by Crippen LogP contribution is 2.36. The van der Waals surface area contributed by atoms with E-state index < -0.39 is 29.1 Å². The SMILES string of the molecule is N=C(c1c(F)cccc1Cl)N(N)c1ccccc1C(F)(F)F. The first-order valence-electron chi connectivity index (χ1n) is 5.97. The zero-order chi connectivity index (χ0) is 16.5. The zero-order valence-electron chi connectivity index (χ0n) is 11.0. The van der Waals surface area contributed by atoms with E-state index in [0.29, 0.717) is 5.01 Å². The van der Waals surface area contributed by atoms with Crippen molar-refractivity contribution in [2.24, 2.45) is 5.84 Å². The molecule has 0 heterocycles. The molecule has 3 N–H and O–H groups in total. The van der Waals surface area contributed by atoms with Crippen LogP contribution in [0.25, 0.3) is 0 Å². The molecule has 0 aliphatic carbocycles. The smallest absolute Gasteiger partial charge is 0.283 e. The third-order valence-electron chi connectivity index (χ3n) is 2.91. The monoisotopic (exact) mass is 331 g/mol. The Labute approximate surface area is 128 Å². The Kier molecular flexibility index (Phi) is 4.39. The van der Waals surface area contributed by atoms with Crippen LogP contribution in [0, 0.1) is 11.2 Å². The quantitative estimate of drug-likeness (QED) is 0.285. The number of hydrogen-bond donors (Lipinski definition) is 2. The second-order valence-corrected chi connectivity index (χ2v) is 4.74. The predicted molar refractivity (Wildman–Crippen MR) is 76.3 cm³/mol. The largest absolute Gasteiger partial charge is 0.418 e. The van der Waals surface area contributed by atoms with Gasteiger partial charge in [-0.2, -0.15) is 13.2 Å². The number of alkyl halides is 3. The third kappa shape index (κ3) is 3.05. The summed E-state index contributed by atoms with van der Waals surface area (Å²) in [6.45, 7) is 0. The summed E-state index contributed by atoms with van der Waals surface area (Å²) < 4.78 is 52.7. The van der Waals surface area contributed by atoms with E-state index in [2.05, 4.69) is 0 Å². The molecule has 8 heteroatoms. The molecule has 0 saturated heterocycles. The van der Waals surface area contributed by atoms with Gasteiger partial charge < -0.3 is 0 Å². The van der Waals surface area contributed by atoms with E-state index in [0.717, 1.165) is 18.2 Å². The number of nitrogens with one attached hydrogen (secondary N) is 1. The molecular formula is C14H10ClF4N3. The van der Waals surface area contributed by atoms with Crippen molar-refractivity contribution in [2.75, 3.05) is 5.01 Å². The maximum Gasteiger partial charge on any atom is 0.418 e. The van der Waals surface area contributed by atoms with E-state index in [1.54, 1.807) is 0 Å². The molecule has 0 fully saturated rings. The van der Waals surface area contributed by atoms with Crippen LogP contribution in [-0.4, -0.2) is 5.84 Å². The fraction of sp³-hybridized carbons (Fsp3) is 0.0714. The van der Waals surface area contributed by atoms with Crippen molar-refractivity contribution in [3.63, 3.8) is 0 Å². The van der Waals surface area contributed by atoms with Gasteiger partial charge in [0.15, 0.2) is 5.84 Å². The van der Waals surface area contributed by atoms with Crippen LogP contribution in [0.5, 0.6) is 0 Å². The Morgan fingerprint density at radius 2 is 1.73 bits per heavy atom. The van der Waals surface area contributed by atoms with Gasteiger partial charge in [-0.3, -0.25) is 10.4 Å². The first-order chi connectivity index (χ1) is 10.2. The van der Waals surface area contributed by atoms with Crippen LogP contribution < -0.4 is 10.9 Å². The average Bonchev–Trinajstić information content (AvgIpc) is 2.45. The van der Waals surface area contributed by atoms with Gasteiger partial charge >= 0.3 is 6.18 Å². The van der Waals surface area contributed by atoms with Crippen molar-refractivity contribution in [3.8, 4) is 0 Å². The van der Waals surface area contributed by atoms with Crippen molar-refractivity contribution in [2.45, 2.75) is 6.18 Å².